The van der Waals surface area contributed by atoms with E-state index in [1.807, 2.05) is 0 Å². The molecule has 2 amide bonds. The minimum absolute atomic E-state index is 0.00762. The number of rotatable bonds is 8. The topological polar surface area (TPSA) is 75.3 Å². The summed E-state index contributed by atoms with van der Waals surface area (Å²) >= 11 is 0. The monoisotopic (exact) mass is 538 g/mol. The molecular formula is C26H23F5N2O3S. The maximum absolute atomic E-state index is 14.1. The van der Waals surface area contributed by atoms with E-state index in [9.17, 15) is 35.8 Å². The van der Waals surface area contributed by atoms with E-state index in [2.05, 4.69) is 10.6 Å². The highest BCUT2D eigenvalue weighted by Crippen LogP contribution is 2.35. The van der Waals surface area contributed by atoms with Crippen LogP contribution in [0.3, 0.4) is 0 Å². The Balaban J connectivity index is 2.21. The Morgan fingerprint density at radius 1 is 1.03 bits per heavy atom. The van der Waals surface area contributed by atoms with Gasteiger partial charge in [0.15, 0.2) is 0 Å². The minimum atomic E-state index is -4.88. The van der Waals surface area contributed by atoms with Gasteiger partial charge in [0, 0.05) is 28.0 Å². The Hall–Kier alpha value is -3.60. The lowest BCUT2D eigenvalue weighted by Gasteiger charge is -2.24. The summed E-state index contributed by atoms with van der Waals surface area (Å²) in [6.07, 6.45) is -2.66. The number of aryl methyl sites for hydroxylation is 2. The van der Waals surface area contributed by atoms with Crippen LogP contribution in [0.25, 0.3) is 0 Å². The van der Waals surface area contributed by atoms with Crippen LogP contribution in [0.15, 0.2) is 53.4 Å². The van der Waals surface area contributed by atoms with Gasteiger partial charge in [-0.25, -0.2) is 8.78 Å². The smallest absolute Gasteiger partial charge is 0.348 e. The molecule has 0 radical (unpaired) electrons. The van der Waals surface area contributed by atoms with Crippen molar-refractivity contribution < 1.29 is 35.8 Å². The van der Waals surface area contributed by atoms with Crippen LogP contribution in [0.2, 0.25) is 0 Å². The van der Waals surface area contributed by atoms with E-state index < -0.39 is 51.7 Å². The zero-order chi connectivity index (χ0) is 27.5. The Morgan fingerprint density at radius 2 is 1.73 bits per heavy atom. The molecule has 0 fully saturated rings. The molecule has 2 atom stereocenters. The number of hydrogen-bond donors (Lipinski definition) is 2. The fourth-order valence-electron chi connectivity index (χ4n) is 3.95. The van der Waals surface area contributed by atoms with Gasteiger partial charge in [-0.15, -0.1) is 0 Å². The molecule has 3 aromatic carbocycles. The molecule has 0 aliphatic heterocycles. The van der Waals surface area contributed by atoms with Crippen molar-refractivity contribution in [3.05, 3.63) is 93.5 Å². The molecule has 11 heteroatoms. The summed E-state index contributed by atoms with van der Waals surface area (Å²) in [6, 6.07) is 7.38. The van der Waals surface area contributed by atoms with Crippen molar-refractivity contribution in [1.29, 1.82) is 0 Å². The number of benzene rings is 3. The van der Waals surface area contributed by atoms with Gasteiger partial charge in [0.05, 0.1) is 22.4 Å². The highest BCUT2D eigenvalue weighted by molar-refractivity contribution is 7.84. The van der Waals surface area contributed by atoms with Gasteiger partial charge < -0.3 is 10.6 Å². The summed E-state index contributed by atoms with van der Waals surface area (Å²) in [6.45, 7) is 3.49. The fraction of sp³-hybridized carbons (Fsp3) is 0.231. The predicted molar refractivity (Wildman–Crippen MR) is 130 cm³/mol. The molecule has 0 aliphatic rings. The third-order valence-electron chi connectivity index (χ3n) is 5.76. The van der Waals surface area contributed by atoms with Crippen molar-refractivity contribution in [2.24, 2.45) is 0 Å². The molecule has 5 nitrogen and oxygen atoms in total. The second kappa shape index (κ2) is 11.2. The molecule has 0 saturated heterocycles. The molecule has 0 heterocycles. The van der Waals surface area contributed by atoms with Gasteiger partial charge in [-0.3, -0.25) is 13.8 Å². The van der Waals surface area contributed by atoms with Crippen molar-refractivity contribution >= 4 is 28.8 Å². The van der Waals surface area contributed by atoms with Gasteiger partial charge in [0.2, 0.25) is 6.41 Å². The van der Waals surface area contributed by atoms with Crippen molar-refractivity contribution in [3.8, 4) is 0 Å². The quantitative estimate of drug-likeness (QED) is 0.286. The van der Waals surface area contributed by atoms with Gasteiger partial charge in [0.1, 0.15) is 11.6 Å². The number of carbonyl (C=O) groups is 2. The van der Waals surface area contributed by atoms with E-state index in [0.29, 0.717) is 46.5 Å². The normalized spacial score (nSPS) is 13.1. The molecule has 0 bridgehead atoms. The largest absolute Gasteiger partial charge is 0.416 e. The number of amides is 2. The Morgan fingerprint density at radius 3 is 2.32 bits per heavy atom. The summed E-state index contributed by atoms with van der Waals surface area (Å²) in [5.74, 6) is -2.90. The van der Waals surface area contributed by atoms with Gasteiger partial charge in [-0.2, -0.15) is 13.2 Å². The first-order chi connectivity index (χ1) is 17.3. The van der Waals surface area contributed by atoms with Crippen molar-refractivity contribution in [1.82, 2.24) is 5.32 Å². The van der Waals surface area contributed by atoms with Crippen LogP contribution < -0.4 is 10.6 Å². The molecule has 196 valence electrons. The third-order valence-corrected chi connectivity index (χ3v) is 6.76. The van der Waals surface area contributed by atoms with E-state index >= 15 is 0 Å². The molecule has 2 N–H and O–H groups in total. The molecule has 3 aromatic rings. The lowest BCUT2D eigenvalue weighted by Crippen LogP contribution is -2.25. The molecule has 0 aromatic heterocycles. The zero-order valence-corrected chi connectivity index (χ0v) is 20.8. The number of anilines is 1. The summed E-state index contributed by atoms with van der Waals surface area (Å²) in [7, 11) is -1.52. The first-order valence-corrected chi connectivity index (χ1v) is 12.6. The average molecular weight is 539 g/mol. The number of hydrogen-bond acceptors (Lipinski definition) is 3. The summed E-state index contributed by atoms with van der Waals surface area (Å²) in [5, 5.41) is 5.06. The molecular weight excluding hydrogens is 515 g/mol. The lowest BCUT2D eigenvalue weighted by molar-refractivity contribution is -0.137. The van der Waals surface area contributed by atoms with Gasteiger partial charge >= 0.3 is 6.18 Å². The van der Waals surface area contributed by atoms with Crippen molar-refractivity contribution in [2.45, 2.75) is 37.4 Å². The van der Waals surface area contributed by atoms with Gasteiger partial charge in [-0.05, 0) is 66.4 Å². The Kier molecular flexibility index (Phi) is 8.47. The summed E-state index contributed by atoms with van der Waals surface area (Å²) < 4.78 is 80.0. The van der Waals surface area contributed by atoms with Crippen LogP contribution in [0.4, 0.5) is 27.6 Å². The number of halogens is 5. The Labute approximate surface area is 212 Å². The van der Waals surface area contributed by atoms with Gasteiger partial charge in [-0.1, -0.05) is 19.1 Å². The van der Waals surface area contributed by atoms with Crippen molar-refractivity contribution in [3.63, 3.8) is 0 Å². The third kappa shape index (κ3) is 6.40. The molecule has 2 unspecified atom stereocenters. The first-order valence-electron chi connectivity index (χ1n) is 11.0. The number of nitrogens with one attached hydrogen (secondary N) is 2. The Bertz CT molecular complexity index is 1380. The molecule has 0 saturated carbocycles. The number of carbonyl (C=O) groups excluding carboxylic acids is 2. The minimum Gasteiger partial charge on any atom is -0.348 e. The predicted octanol–water partition coefficient (Wildman–Crippen LogP) is 5.68. The SMILES string of the molecule is CCc1cc(C(NC=O)c2cc(F)ccc2C)c(NC(=O)c2cc(F)cc(C(F)(F)F)c2)cc1S(C)=O. The van der Waals surface area contributed by atoms with E-state index in [0.717, 1.165) is 0 Å². The second-order valence-electron chi connectivity index (χ2n) is 8.25. The molecule has 0 aliphatic carbocycles. The maximum atomic E-state index is 14.1. The van der Waals surface area contributed by atoms with E-state index in [4.69, 9.17) is 0 Å². The summed E-state index contributed by atoms with van der Waals surface area (Å²) in [4.78, 5) is 24.9. The first kappa shape index (κ1) is 28.0. The standard InChI is InChI=1S/C26H23F5N2O3S/c1-4-15-9-21(24(32-13-34)20-11-18(27)6-5-14(20)2)22(12-23(15)37(3)36)33-25(35)16-7-17(26(29,30)31)10-19(28)8-16/h5-13,24H,4H2,1-3H3,(H,32,34)(H,33,35). The summed E-state index contributed by atoms with van der Waals surface area (Å²) in [5.41, 5.74) is -0.0739. The second-order valence-corrected chi connectivity index (χ2v) is 9.60. The average Bonchev–Trinajstić information content (AvgIpc) is 2.83. The molecule has 3 rings (SSSR count). The number of alkyl halides is 3. The van der Waals surface area contributed by atoms with Crippen LogP contribution in [-0.2, 0) is 28.2 Å². The fourth-order valence-corrected chi connectivity index (χ4v) is 4.81. The van der Waals surface area contributed by atoms with Crippen LogP contribution in [0.5, 0.6) is 0 Å². The van der Waals surface area contributed by atoms with Crippen molar-refractivity contribution in [2.75, 3.05) is 11.6 Å². The van der Waals surface area contributed by atoms with Crippen LogP contribution in [0.1, 0.15) is 51.1 Å². The highest BCUT2D eigenvalue weighted by atomic mass is 32.2. The van der Waals surface area contributed by atoms with Crippen LogP contribution >= 0.6 is 0 Å². The van der Waals surface area contributed by atoms with Crippen LogP contribution in [0, 0.1) is 18.6 Å². The maximum Gasteiger partial charge on any atom is 0.416 e. The van der Waals surface area contributed by atoms with E-state index in [-0.39, 0.29) is 17.3 Å². The molecule has 37 heavy (non-hydrogen) atoms. The van der Waals surface area contributed by atoms with E-state index in [1.54, 1.807) is 19.9 Å². The lowest BCUT2D eigenvalue weighted by atomic mass is 9.92. The van der Waals surface area contributed by atoms with E-state index in [1.165, 1.54) is 30.5 Å². The van der Waals surface area contributed by atoms with Crippen LogP contribution in [-0.4, -0.2) is 22.8 Å². The van der Waals surface area contributed by atoms with Gasteiger partial charge in [0.25, 0.3) is 5.91 Å². The molecule has 0 spiro atoms. The highest BCUT2D eigenvalue weighted by Gasteiger charge is 2.32. The zero-order valence-electron chi connectivity index (χ0n) is 20.0.